The van der Waals surface area contributed by atoms with Gasteiger partial charge in [-0.3, -0.25) is 9.78 Å². The molecular formula is C15H8ClN3OS2. The lowest BCUT2D eigenvalue weighted by Crippen LogP contribution is -2.06. The largest absolute Gasteiger partial charge is 0.305 e. The summed E-state index contributed by atoms with van der Waals surface area (Å²) in [7, 11) is 0. The molecule has 22 heavy (non-hydrogen) atoms. The molecular weight excluding hydrogens is 338 g/mol. The minimum Gasteiger partial charge on any atom is -0.305 e. The second-order valence-electron chi connectivity index (χ2n) is 4.59. The third kappa shape index (κ3) is 2.25. The van der Waals surface area contributed by atoms with Crippen LogP contribution in [0.4, 0.5) is 0 Å². The number of fused-ring (bicyclic) bond motifs is 1. The van der Waals surface area contributed by atoms with E-state index < -0.39 is 0 Å². The Kier molecular flexibility index (Phi) is 3.29. The van der Waals surface area contributed by atoms with Crippen LogP contribution in [0.1, 0.15) is 0 Å². The van der Waals surface area contributed by atoms with E-state index in [9.17, 15) is 4.79 Å². The van der Waals surface area contributed by atoms with Crippen LogP contribution in [-0.2, 0) is 0 Å². The second kappa shape index (κ2) is 5.31. The predicted octanol–water partition coefficient (Wildman–Crippen LogP) is 4.43. The zero-order chi connectivity index (χ0) is 15.1. The number of aromatic nitrogens is 3. The van der Waals surface area contributed by atoms with Crippen LogP contribution >= 0.6 is 34.3 Å². The van der Waals surface area contributed by atoms with E-state index in [0.717, 1.165) is 15.3 Å². The molecule has 0 aliphatic heterocycles. The fraction of sp³-hybridized carbons (Fsp3) is 0. The van der Waals surface area contributed by atoms with Gasteiger partial charge >= 0.3 is 0 Å². The molecule has 0 aliphatic rings. The summed E-state index contributed by atoms with van der Waals surface area (Å²) in [6, 6.07) is 9.48. The van der Waals surface area contributed by atoms with Crippen LogP contribution in [0.3, 0.4) is 0 Å². The molecule has 4 aromatic rings. The van der Waals surface area contributed by atoms with Crippen LogP contribution in [0.25, 0.3) is 31.4 Å². The Morgan fingerprint density at radius 1 is 1.18 bits per heavy atom. The molecule has 3 aromatic heterocycles. The molecule has 0 saturated carbocycles. The van der Waals surface area contributed by atoms with E-state index in [0.29, 0.717) is 21.1 Å². The monoisotopic (exact) mass is 345 g/mol. The quantitative estimate of drug-likeness (QED) is 0.584. The van der Waals surface area contributed by atoms with E-state index in [4.69, 9.17) is 11.6 Å². The van der Waals surface area contributed by atoms with E-state index in [2.05, 4.69) is 15.0 Å². The number of benzene rings is 1. The van der Waals surface area contributed by atoms with Crippen LogP contribution in [0.15, 0.2) is 46.8 Å². The summed E-state index contributed by atoms with van der Waals surface area (Å²) in [5, 5.41) is 0.660. The Balaban J connectivity index is 1.93. The number of nitrogens with one attached hydrogen (secondary N) is 1. The normalized spacial score (nSPS) is 11.1. The molecule has 0 atom stereocenters. The molecule has 0 bridgehead atoms. The van der Waals surface area contributed by atoms with Crippen molar-refractivity contribution in [2.24, 2.45) is 0 Å². The number of halogens is 1. The van der Waals surface area contributed by atoms with Gasteiger partial charge in [0.15, 0.2) is 5.82 Å². The highest BCUT2D eigenvalue weighted by atomic mass is 35.5. The number of thiazole rings is 1. The Labute approximate surface area is 138 Å². The number of nitrogens with zero attached hydrogens (tertiary/aromatic N) is 2. The molecule has 1 aromatic carbocycles. The molecule has 0 radical (unpaired) electrons. The third-order valence-corrected chi connectivity index (χ3v) is 5.45. The van der Waals surface area contributed by atoms with E-state index >= 15 is 0 Å². The number of rotatable bonds is 2. The minimum atomic E-state index is -0.142. The van der Waals surface area contributed by atoms with Gasteiger partial charge in [0.1, 0.15) is 4.70 Å². The lowest BCUT2D eigenvalue weighted by Gasteiger charge is -1.98. The Bertz CT molecular complexity index is 1020. The maximum atomic E-state index is 12.3. The minimum absolute atomic E-state index is 0.142. The smallest absolute Gasteiger partial charge is 0.269 e. The predicted molar refractivity (Wildman–Crippen MR) is 91.8 cm³/mol. The van der Waals surface area contributed by atoms with Crippen LogP contribution in [0.2, 0.25) is 5.02 Å². The first-order chi connectivity index (χ1) is 10.7. The van der Waals surface area contributed by atoms with Crippen molar-refractivity contribution in [3.63, 3.8) is 0 Å². The van der Waals surface area contributed by atoms with Gasteiger partial charge in [-0.2, -0.15) is 0 Å². The Morgan fingerprint density at radius 3 is 2.82 bits per heavy atom. The van der Waals surface area contributed by atoms with Gasteiger partial charge in [0.05, 0.1) is 15.9 Å². The first kappa shape index (κ1) is 13.6. The standard InChI is InChI=1S/C15H8ClN3OS2/c16-9-4-2-1-3-8(9)11-5-10-13(22-11)15(20)19-14(18-10)12-6-17-7-21-12/h1-7H,(H,18,19,20). The Morgan fingerprint density at radius 2 is 2.05 bits per heavy atom. The fourth-order valence-corrected chi connectivity index (χ4v) is 4.07. The Hall–Kier alpha value is -2.02. The van der Waals surface area contributed by atoms with Crippen molar-refractivity contribution in [1.29, 1.82) is 0 Å². The summed E-state index contributed by atoms with van der Waals surface area (Å²) < 4.78 is 0.600. The van der Waals surface area contributed by atoms with E-state index in [1.54, 1.807) is 11.7 Å². The summed E-state index contributed by atoms with van der Waals surface area (Å²) in [6.45, 7) is 0. The van der Waals surface area contributed by atoms with Crippen molar-refractivity contribution in [3.8, 4) is 21.1 Å². The maximum absolute atomic E-state index is 12.3. The van der Waals surface area contributed by atoms with Gasteiger partial charge < -0.3 is 4.98 Å². The van der Waals surface area contributed by atoms with Crippen molar-refractivity contribution < 1.29 is 0 Å². The number of hydrogen-bond acceptors (Lipinski definition) is 5. The van der Waals surface area contributed by atoms with Crippen molar-refractivity contribution in [2.75, 3.05) is 0 Å². The van der Waals surface area contributed by atoms with Crippen molar-refractivity contribution in [2.45, 2.75) is 0 Å². The van der Waals surface area contributed by atoms with Gasteiger partial charge in [-0.25, -0.2) is 4.98 Å². The number of hydrogen-bond donors (Lipinski definition) is 1. The summed E-state index contributed by atoms with van der Waals surface area (Å²) in [6.07, 6.45) is 1.69. The average molecular weight is 346 g/mol. The van der Waals surface area contributed by atoms with Gasteiger partial charge in [0, 0.05) is 21.7 Å². The molecule has 0 fully saturated rings. The molecule has 7 heteroatoms. The summed E-state index contributed by atoms with van der Waals surface area (Å²) in [5.74, 6) is 0.545. The SMILES string of the molecule is O=c1[nH]c(-c2cncs2)nc2cc(-c3ccccc3Cl)sc12. The molecule has 108 valence electrons. The van der Waals surface area contributed by atoms with Gasteiger partial charge in [-0.1, -0.05) is 29.8 Å². The third-order valence-electron chi connectivity index (χ3n) is 3.19. The molecule has 4 nitrogen and oxygen atoms in total. The highest BCUT2D eigenvalue weighted by Crippen LogP contribution is 2.35. The molecule has 0 unspecified atom stereocenters. The molecule has 0 spiro atoms. The summed E-state index contributed by atoms with van der Waals surface area (Å²) in [4.78, 5) is 25.4. The summed E-state index contributed by atoms with van der Waals surface area (Å²) in [5.41, 5.74) is 3.15. The molecule has 0 aliphatic carbocycles. The van der Waals surface area contributed by atoms with E-state index in [1.807, 2.05) is 30.3 Å². The van der Waals surface area contributed by atoms with Gasteiger partial charge in [0.25, 0.3) is 5.56 Å². The highest BCUT2D eigenvalue weighted by Gasteiger charge is 2.13. The van der Waals surface area contributed by atoms with Gasteiger partial charge in [-0.05, 0) is 12.1 Å². The van der Waals surface area contributed by atoms with Crippen molar-refractivity contribution >= 4 is 44.5 Å². The first-order valence-corrected chi connectivity index (χ1v) is 8.47. The lowest BCUT2D eigenvalue weighted by molar-refractivity contribution is 1.19. The number of thiophene rings is 1. The number of H-pyrrole nitrogens is 1. The first-order valence-electron chi connectivity index (χ1n) is 6.40. The molecule has 0 saturated heterocycles. The zero-order valence-corrected chi connectivity index (χ0v) is 13.4. The zero-order valence-electron chi connectivity index (χ0n) is 11.0. The van der Waals surface area contributed by atoms with E-state index in [-0.39, 0.29) is 5.56 Å². The van der Waals surface area contributed by atoms with Crippen LogP contribution in [0.5, 0.6) is 0 Å². The molecule has 0 amide bonds. The molecule has 4 rings (SSSR count). The summed E-state index contributed by atoms with van der Waals surface area (Å²) >= 11 is 9.06. The molecule has 3 heterocycles. The van der Waals surface area contributed by atoms with Gasteiger partial charge in [-0.15, -0.1) is 22.7 Å². The van der Waals surface area contributed by atoms with Crippen LogP contribution in [0, 0.1) is 0 Å². The second-order valence-corrected chi connectivity index (χ2v) is 6.93. The van der Waals surface area contributed by atoms with Crippen molar-refractivity contribution in [1.82, 2.24) is 15.0 Å². The average Bonchev–Trinajstić information content (AvgIpc) is 3.17. The van der Waals surface area contributed by atoms with Crippen LogP contribution < -0.4 is 5.56 Å². The number of aromatic amines is 1. The maximum Gasteiger partial charge on any atom is 0.269 e. The lowest BCUT2D eigenvalue weighted by atomic mass is 10.2. The van der Waals surface area contributed by atoms with Gasteiger partial charge in [0.2, 0.25) is 0 Å². The van der Waals surface area contributed by atoms with Crippen LogP contribution in [-0.4, -0.2) is 15.0 Å². The van der Waals surface area contributed by atoms with E-state index in [1.165, 1.54) is 22.7 Å². The topological polar surface area (TPSA) is 58.6 Å². The highest BCUT2D eigenvalue weighted by molar-refractivity contribution is 7.22. The van der Waals surface area contributed by atoms with Crippen molar-refractivity contribution in [3.05, 3.63) is 57.4 Å². The molecule has 1 N–H and O–H groups in total. The fourth-order valence-electron chi connectivity index (χ4n) is 2.18.